The highest BCUT2D eigenvalue weighted by atomic mass is 35.5. The molecule has 1 atom stereocenters. The summed E-state index contributed by atoms with van der Waals surface area (Å²) < 4.78 is 17.1. The number of amides is 1. The van der Waals surface area contributed by atoms with Crippen LogP contribution in [-0.4, -0.2) is 19.1 Å². The minimum atomic E-state index is -0.660. The molecule has 1 aliphatic rings. The van der Waals surface area contributed by atoms with Crippen LogP contribution in [0.1, 0.15) is 29.1 Å². The van der Waals surface area contributed by atoms with Gasteiger partial charge in [0.2, 0.25) is 0 Å². The van der Waals surface area contributed by atoms with Crippen molar-refractivity contribution in [2.24, 2.45) is 0 Å². The van der Waals surface area contributed by atoms with Gasteiger partial charge in [-0.1, -0.05) is 36.4 Å². The van der Waals surface area contributed by atoms with Crippen LogP contribution in [0.4, 0.5) is 0 Å². The van der Waals surface area contributed by atoms with Crippen molar-refractivity contribution in [3.8, 4) is 17.2 Å². The maximum Gasteiger partial charge on any atom is 0.258 e. The fraction of sp³-hybridized carbons (Fsp3) is 0.211. The maximum absolute atomic E-state index is 12.3. The molecule has 0 bridgehead atoms. The van der Waals surface area contributed by atoms with E-state index >= 15 is 0 Å². The molecular formula is C19H18ClNO4. The number of para-hydroxylation sites is 1. The average molecular weight is 360 g/mol. The molecule has 25 heavy (non-hydrogen) atoms. The fourth-order valence-corrected chi connectivity index (χ4v) is 2.82. The number of carbonyl (C=O) groups excluding carboxylic acids is 1. The average Bonchev–Trinajstić information content (AvgIpc) is 2.61. The van der Waals surface area contributed by atoms with Gasteiger partial charge in [-0.2, -0.15) is 0 Å². The first-order valence-electron chi connectivity index (χ1n) is 7.90. The van der Waals surface area contributed by atoms with Crippen molar-refractivity contribution in [2.75, 3.05) is 13.2 Å². The van der Waals surface area contributed by atoms with E-state index in [2.05, 4.69) is 11.9 Å². The Morgan fingerprint density at radius 3 is 2.88 bits per heavy atom. The quantitative estimate of drug-likeness (QED) is 0.788. The standard InChI is InChI=1S/C19H18ClNO4/c1-3-9-24-17-14(20)10-12(11-16(17)23-4-2)19-21-18(22)13-7-5-6-8-15(13)25-19/h3,5-8,10-11,19H,1,4,9H2,2H3,(H,21,22)/t19-/m0/s1. The summed E-state index contributed by atoms with van der Waals surface area (Å²) in [5.41, 5.74) is 1.17. The molecule has 130 valence electrons. The largest absolute Gasteiger partial charge is 0.490 e. The zero-order valence-corrected chi connectivity index (χ0v) is 14.5. The summed E-state index contributed by atoms with van der Waals surface area (Å²) in [5, 5.41) is 3.19. The van der Waals surface area contributed by atoms with E-state index in [0.29, 0.717) is 46.6 Å². The molecule has 0 saturated carbocycles. The van der Waals surface area contributed by atoms with E-state index in [0.717, 1.165) is 0 Å². The van der Waals surface area contributed by atoms with Gasteiger partial charge >= 0.3 is 0 Å². The summed E-state index contributed by atoms with van der Waals surface area (Å²) in [4.78, 5) is 12.3. The van der Waals surface area contributed by atoms with Crippen molar-refractivity contribution in [3.63, 3.8) is 0 Å². The van der Waals surface area contributed by atoms with Crippen molar-refractivity contribution in [3.05, 3.63) is 65.2 Å². The lowest BCUT2D eigenvalue weighted by Gasteiger charge is -2.27. The number of benzene rings is 2. The molecule has 0 aromatic heterocycles. The summed E-state index contributed by atoms with van der Waals surface area (Å²) in [6, 6.07) is 10.5. The van der Waals surface area contributed by atoms with Gasteiger partial charge in [-0.25, -0.2) is 0 Å². The molecule has 1 N–H and O–H groups in total. The van der Waals surface area contributed by atoms with Crippen molar-refractivity contribution in [2.45, 2.75) is 13.2 Å². The third-order valence-electron chi connectivity index (χ3n) is 3.62. The number of carbonyl (C=O) groups is 1. The Balaban J connectivity index is 1.95. The van der Waals surface area contributed by atoms with Gasteiger partial charge in [0.25, 0.3) is 5.91 Å². The number of fused-ring (bicyclic) bond motifs is 1. The van der Waals surface area contributed by atoms with Gasteiger partial charge in [-0.05, 0) is 31.2 Å². The summed E-state index contributed by atoms with van der Waals surface area (Å²) in [7, 11) is 0. The molecule has 0 radical (unpaired) electrons. The smallest absolute Gasteiger partial charge is 0.258 e. The van der Waals surface area contributed by atoms with Gasteiger partial charge < -0.3 is 19.5 Å². The van der Waals surface area contributed by atoms with Crippen molar-refractivity contribution < 1.29 is 19.0 Å². The molecule has 6 heteroatoms. The van der Waals surface area contributed by atoms with E-state index in [1.165, 1.54) is 0 Å². The third kappa shape index (κ3) is 3.56. The SMILES string of the molecule is C=CCOc1c(Cl)cc([C@H]2NC(=O)c3ccccc3O2)cc1OCC. The highest BCUT2D eigenvalue weighted by molar-refractivity contribution is 6.32. The first-order chi connectivity index (χ1) is 12.1. The van der Waals surface area contributed by atoms with Crippen LogP contribution in [0.3, 0.4) is 0 Å². The summed E-state index contributed by atoms with van der Waals surface area (Å²) >= 11 is 6.35. The van der Waals surface area contributed by atoms with Crippen LogP contribution in [0.2, 0.25) is 5.02 Å². The fourth-order valence-electron chi connectivity index (χ4n) is 2.55. The van der Waals surface area contributed by atoms with Crippen molar-refractivity contribution in [1.29, 1.82) is 0 Å². The first-order valence-corrected chi connectivity index (χ1v) is 8.28. The van der Waals surface area contributed by atoms with Gasteiger partial charge in [0, 0.05) is 5.56 Å². The number of nitrogens with one attached hydrogen (secondary N) is 1. The predicted molar refractivity (Wildman–Crippen MR) is 95.6 cm³/mol. The van der Waals surface area contributed by atoms with Crippen LogP contribution in [0, 0.1) is 0 Å². The highest BCUT2D eigenvalue weighted by Gasteiger charge is 2.28. The van der Waals surface area contributed by atoms with Crippen LogP contribution in [0.25, 0.3) is 0 Å². The van der Waals surface area contributed by atoms with E-state index in [-0.39, 0.29) is 5.91 Å². The Morgan fingerprint density at radius 2 is 2.12 bits per heavy atom. The Hall–Kier alpha value is -2.66. The molecule has 0 spiro atoms. The van der Waals surface area contributed by atoms with E-state index < -0.39 is 6.23 Å². The summed E-state index contributed by atoms with van der Waals surface area (Å²) in [6.07, 6.45) is 0.967. The van der Waals surface area contributed by atoms with Gasteiger partial charge in [-0.15, -0.1) is 0 Å². The van der Waals surface area contributed by atoms with E-state index in [1.54, 1.807) is 36.4 Å². The molecule has 3 rings (SSSR count). The molecule has 1 aliphatic heterocycles. The first kappa shape index (κ1) is 17.2. The molecule has 0 unspecified atom stereocenters. The second-order valence-electron chi connectivity index (χ2n) is 5.33. The molecule has 5 nitrogen and oxygen atoms in total. The maximum atomic E-state index is 12.3. The van der Waals surface area contributed by atoms with Gasteiger partial charge in [-0.3, -0.25) is 4.79 Å². The highest BCUT2D eigenvalue weighted by Crippen LogP contribution is 2.39. The lowest BCUT2D eigenvalue weighted by atomic mass is 10.1. The zero-order chi connectivity index (χ0) is 17.8. The summed E-state index contributed by atoms with van der Waals surface area (Å²) in [5.74, 6) is 1.25. The van der Waals surface area contributed by atoms with Crippen LogP contribution in [0.15, 0.2) is 49.1 Å². The third-order valence-corrected chi connectivity index (χ3v) is 3.90. The second-order valence-corrected chi connectivity index (χ2v) is 5.74. The lowest BCUT2D eigenvalue weighted by Crippen LogP contribution is -2.36. The normalized spacial score (nSPS) is 15.6. The monoisotopic (exact) mass is 359 g/mol. The Kier molecular flexibility index (Phi) is 5.14. The van der Waals surface area contributed by atoms with Crippen LogP contribution < -0.4 is 19.5 Å². The molecule has 1 heterocycles. The Labute approximate surface area is 151 Å². The number of hydrogen-bond acceptors (Lipinski definition) is 4. The number of hydrogen-bond donors (Lipinski definition) is 1. The predicted octanol–water partition coefficient (Wildman–Crippen LogP) is 4.12. The molecule has 2 aromatic carbocycles. The van der Waals surface area contributed by atoms with Crippen molar-refractivity contribution >= 4 is 17.5 Å². The molecule has 0 aliphatic carbocycles. The minimum Gasteiger partial charge on any atom is -0.490 e. The Bertz CT molecular complexity index is 806. The second kappa shape index (κ2) is 7.49. The number of rotatable bonds is 6. The van der Waals surface area contributed by atoms with Crippen LogP contribution >= 0.6 is 11.6 Å². The van der Waals surface area contributed by atoms with Crippen LogP contribution in [0.5, 0.6) is 17.2 Å². The van der Waals surface area contributed by atoms with Crippen molar-refractivity contribution in [1.82, 2.24) is 5.32 Å². The van der Waals surface area contributed by atoms with Crippen LogP contribution in [-0.2, 0) is 0 Å². The lowest BCUT2D eigenvalue weighted by molar-refractivity contribution is 0.0755. The zero-order valence-electron chi connectivity index (χ0n) is 13.8. The topological polar surface area (TPSA) is 56.8 Å². The molecule has 0 fully saturated rings. The minimum absolute atomic E-state index is 0.201. The molecule has 1 amide bonds. The molecule has 0 saturated heterocycles. The van der Waals surface area contributed by atoms with Gasteiger partial charge in [0.05, 0.1) is 17.2 Å². The molecule has 2 aromatic rings. The number of halogens is 1. The van der Waals surface area contributed by atoms with E-state index in [1.807, 2.05) is 13.0 Å². The number of ether oxygens (including phenoxy) is 3. The molecular weight excluding hydrogens is 342 g/mol. The van der Waals surface area contributed by atoms with Gasteiger partial charge in [0.15, 0.2) is 17.7 Å². The summed E-state index contributed by atoms with van der Waals surface area (Å²) in [6.45, 7) is 6.25. The van der Waals surface area contributed by atoms with E-state index in [9.17, 15) is 4.79 Å². The Morgan fingerprint density at radius 1 is 1.32 bits per heavy atom. The van der Waals surface area contributed by atoms with Gasteiger partial charge in [0.1, 0.15) is 12.4 Å². The van der Waals surface area contributed by atoms with E-state index in [4.69, 9.17) is 25.8 Å².